The second-order valence-corrected chi connectivity index (χ2v) is 5.44. The van der Waals surface area contributed by atoms with Crippen LogP contribution in [0.2, 0.25) is 0 Å². The van der Waals surface area contributed by atoms with Crippen LogP contribution in [0.5, 0.6) is 5.75 Å². The molecule has 6 heteroatoms. The third-order valence-corrected chi connectivity index (χ3v) is 3.65. The fourth-order valence-corrected chi connectivity index (χ4v) is 2.58. The Morgan fingerprint density at radius 1 is 1.58 bits per heavy atom. The first-order valence-corrected chi connectivity index (χ1v) is 6.75. The van der Waals surface area contributed by atoms with Gasteiger partial charge in [0.05, 0.1) is 13.5 Å². The van der Waals surface area contributed by atoms with Crippen molar-refractivity contribution in [2.45, 2.75) is 18.9 Å². The van der Waals surface area contributed by atoms with E-state index < -0.39 is 0 Å². The number of benzene rings is 1. The van der Waals surface area contributed by atoms with E-state index in [2.05, 4.69) is 15.9 Å². The molecule has 4 nitrogen and oxygen atoms in total. The van der Waals surface area contributed by atoms with Crippen molar-refractivity contribution in [2.24, 2.45) is 5.73 Å². The summed E-state index contributed by atoms with van der Waals surface area (Å²) in [6.07, 6.45) is 1.25. The predicted octanol–water partition coefficient (Wildman–Crippen LogP) is 1.98. The number of amides is 1. The number of halogens is 2. The van der Waals surface area contributed by atoms with Crippen molar-refractivity contribution < 1.29 is 9.53 Å². The summed E-state index contributed by atoms with van der Waals surface area (Å²) in [5.41, 5.74) is 6.71. The van der Waals surface area contributed by atoms with E-state index in [0.29, 0.717) is 13.0 Å². The van der Waals surface area contributed by atoms with Gasteiger partial charge in [0, 0.05) is 29.2 Å². The van der Waals surface area contributed by atoms with Gasteiger partial charge in [0.2, 0.25) is 5.91 Å². The van der Waals surface area contributed by atoms with Crippen LogP contribution < -0.4 is 10.5 Å². The summed E-state index contributed by atoms with van der Waals surface area (Å²) in [6.45, 7) is 1.42. The Bertz CT molecular complexity index is 456. The maximum atomic E-state index is 12.1. The van der Waals surface area contributed by atoms with Gasteiger partial charge in [0.25, 0.3) is 0 Å². The van der Waals surface area contributed by atoms with Crippen LogP contribution >= 0.6 is 28.3 Å². The van der Waals surface area contributed by atoms with E-state index in [1.807, 2.05) is 23.1 Å². The van der Waals surface area contributed by atoms with Gasteiger partial charge in [-0.05, 0) is 24.6 Å². The Morgan fingerprint density at radius 3 is 2.89 bits per heavy atom. The largest absolute Gasteiger partial charge is 0.496 e. The first kappa shape index (κ1) is 16.3. The molecule has 0 spiro atoms. The average molecular weight is 350 g/mol. The Kier molecular flexibility index (Phi) is 6.10. The van der Waals surface area contributed by atoms with Crippen LogP contribution in [0.25, 0.3) is 0 Å². The standard InChI is InChI=1S/C13H17BrN2O2.ClH/c1-18-12-3-2-10(14)6-9(12)7-13(17)16-5-4-11(15)8-16;/h2-3,6,11H,4-5,7-8,15H2,1H3;1H/t11-;/m1./s1. The summed E-state index contributed by atoms with van der Waals surface area (Å²) >= 11 is 3.41. The fourth-order valence-electron chi connectivity index (χ4n) is 2.17. The van der Waals surface area contributed by atoms with Crippen molar-refractivity contribution in [3.63, 3.8) is 0 Å². The lowest BCUT2D eigenvalue weighted by Crippen LogP contribution is -2.33. The number of carbonyl (C=O) groups is 1. The molecule has 0 saturated carbocycles. The minimum Gasteiger partial charge on any atom is -0.496 e. The first-order valence-electron chi connectivity index (χ1n) is 5.96. The highest BCUT2D eigenvalue weighted by atomic mass is 79.9. The zero-order valence-electron chi connectivity index (χ0n) is 10.8. The van der Waals surface area contributed by atoms with Crippen LogP contribution in [0.1, 0.15) is 12.0 Å². The van der Waals surface area contributed by atoms with E-state index in [9.17, 15) is 4.79 Å². The Morgan fingerprint density at radius 2 is 2.32 bits per heavy atom. The smallest absolute Gasteiger partial charge is 0.227 e. The van der Waals surface area contributed by atoms with E-state index in [4.69, 9.17) is 10.5 Å². The minimum atomic E-state index is 0. The van der Waals surface area contributed by atoms with Gasteiger partial charge < -0.3 is 15.4 Å². The number of ether oxygens (including phenoxy) is 1. The molecule has 0 aliphatic carbocycles. The van der Waals surface area contributed by atoms with Gasteiger partial charge in [0.15, 0.2) is 0 Å². The quantitative estimate of drug-likeness (QED) is 0.908. The first-order chi connectivity index (χ1) is 8.60. The molecule has 1 aromatic carbocycles. The van der Waals surface area contributed by atoms with Crippen molar-refractivity contribution in [2.75, 3.05) is 20.2 Å². The molecule has 2 N–H and O–H groups in total. The molecule has 0 bridgehead atoms. The Hall–Kier alpha value is -0.780. The van der Waals surface area contributed by atoms with Gasteiger partial charge in [-0.3, -0.25) is 4.79 Å². The maximum absolute atomic E-state index is 12.1. The molecular weight excluding hydrogens is 332 g/mol. The summed E-state index contributed by atoms with van der Waals surface area (Å²) in [5, 5.41) is 0. The van der Waals surface area contributed by atoms with Crippen molar-refractivity contribution in [1.82, 2.24) is 4.90 Å². The van der Waals surface area contributed by atoms with Gasteiger partial charge in [-0.25, -0.2) is 0 Å². The topological polar surface area (TPSA) is 55.6 Å². The lowest BCUT2D eigenvalue weighted by Gasteiger charge is -2.17. The van der Waals surface area contributed by atoms with Crippen molar-refractivity contribution >= 4 is 34.2 Å². The van der Waals surface area contributed by atoms with Crippen LogP contribution in [0.3, 0.4) is 0 Å². The maximum Gasteiger partial charge on any atom is 0.227 e. The Labute approximate surface area is 127 Å². The highest BCUT2D eigenvalue weighted by molar-refractivity contribution is 9.10. The molecular formula is C13H18BrClN2O2. The van der Waals surface area contributed by atoms with Crippen molar-refractivity contribution in [3.8, 4) is 5.75 Å². The van der Waals surface area contributed by atoms with Crippen LogP contribution in [-0.4, -0.2) is 37.0 Å². The summed E-state index contributed by atoms with van der Waals surface area (Å²) in [5.74, 6) is 0.856. The van der Waals surface area contributed by atoms with E-state index in [1.165, 1.54) is 0 Å². The molecule has 2 rings (SSSR count). The Balaban J connectivity index is 0.00000180. The van der Waals surface area contributed by atoms with Crippen LogP contribution in [0, 0.1) is 0 Å². The number of rotatable bonds is 3. The molecule has 1 aliphatic rings. The van der Waals surface area contributed by atoms with Gasteiger partial charge in [-0.15, -0.1) is 12.4 Å². The highest BCUT2D eigenvalue weighted by Gasteiger charge is 2.24. The number of carbonyl (C=O) groups excluding carboxylic acids is 1. The number of hydrogen-bond acceptors (Lipinski definition) is 3. The lowest BCUT2D eigenvalue weighted by molar-refractivity contribution is -0.129. The molecule has 1 saturated heterocycles. The summed E-state index contributed by atoms with van der Waals surface area (Å²) in [4.78, 5) is 14.0. The van der Waals surface area contributed by atoms with Gasteiger partial charge >= 0.3 is 0 Å². The molecule has 0 unspecified atom stereocenters. The summed E-state index contributed by atoms with van der Waals surface area (Å²) in [7, 11) is 1.61. The minimum absolute atomic E-state index is 0. The number of nitrogens with two attached hydrogens (primary N) is 1. The van der Waals surface area contributed by atoms with Gasteiger partial charge in [0.1, 0.15) is 5.75 Å². The average Bonchev–Trinajstić information content (AvgIpc) is 2.76. The monoisotopic (exact) mass is 348 g/mol. The molecule has 0 aromatic heterocycles. The summed E-state index contributed by atoms with van der Waals surface area (Å²) < 4.78 is 6.22. The van der Waals surface area contributed by atoms with Crippen molar-refractivity contribution in [1.29, 1.82) is 0 Å². The summed E-state index contributed by atoms with van der Waals surface area (Å²) in [6, 6.07) is 5.81. The molecule has 1 aromatic rings. The van der Waals surface area contributed by atoms with Gasteiger partial charge in [-0.1, -0.05) is 15.9 Å². The lowest BCUT2D eigenvalue weighted by atomic mass is 10.1. The van der Waals surface area contributed by atoms with E-state index >= 15 is 0 Å². The number of likely N-dealkylation sites (tertiary alicyclic amines) is 1. The zero-order chi connectivity index (χ0) is 13.1. The third kappa shape index (κ3) is 4.09. The van der Waals surface area contributed by atoms with Crippen molar-refractivity contribution in [3.05, 3.63) is 28.2 Å². The zero-order valence-corrected chi connectivity index (χ0v) is 13.2. The fraction of sp³-hybridized carbons (Fsp3) is 0.462. The van der Waals surface area contributed by atoms with E-state index in [0.717, 1.165) is 28.8 Å². The number of methoxy groups -OCH3 is 1. The number of hydrogen-bond donors (Lipinski definition) is 1. The number of nitrogens with zero attached hydrogens (tertiary/aromatic N) is 1. The molecule has 19 heavy (non-hydrogen) atoms. The van der Waals surface area contributed by atoms with Crippen LogP contribution in [0.15, 0.2) is 22.7 Å². The van der Waals surface area contributed by atoms with Crippen LogP contribution in [-0.2, 0) is 11.2 Å². The molecule has 1 heterocycles. The molecule has 1 fully saturated rings. The predicted molar refractivity (Wildman–Crippen MR) is 80.8 cm³/mol. The van der Waals surface area contributed by atoms with Crippen LogP contribution in [0.4, 0.5) is 0 Å². The second kappa shape index (κ2) is 7.12. The normalized spacial score (nSPS) is 18.1. The molecule has 0 radical (unpaired) electrons. The van der Waals surface area contributed by atoms with E-state index in [1.54, 1.807) is 7.11 Å². The van der Waals surface area contributed by atoms with Gasteiger partial charge in [-0.2, -0.15) is 0 Å². The molecule has 1 amide bonds. The molecule has 1 atom stereocenters. The molecule has 106 valence electrons. The second-order valence-electron chi connectivity index (χ2n) is 4.52. The molecule has 1 aliphatic heterocycles. The third-order valence-electron chi connectivity index (χ3n) is 3.16. The highest BCUT2D eigenvalue weighted by Crippen LogP contribution is 2.24. The van der Waals surface area contributed by atoms with E-state index in [-0.39, 0.29) is 24.4 Å². The SMILES string of the molecule is COc1ccc(Br)cc1CC(=O)N1CC[C@@H](N)C1.Cl.